The summed E-state index contributed by atoms with van der Waals surface area (Å²) < 4.78 is 29.9. The van der Waals surface area contributed by atoms with Gasteiger partial charge >= 0.3 is 5.97 Å². The predicted molar refractivity (Wildman–Crippen MR) is 113 cm³/mol. The van der Waals surface area contributed by atoms with Crippen molar-refractivity contribution in [3.63, 3.8) is 0 Å². The van der Waals surface area contributed by atoms with Gasteiger partial charge in [-0.05, 0) is 5.56 Å². The molecule has 8 nitrogen and oxygen atoms in total. The number of amides is 1. The van der Waals surface area contributed by atoms with Gasteiger partial charge in [-0.25, -0.2) is 0 Å². The highest BCUT2D eigenvalue weighted by molar-refractivity contribution is 5.73. The summed E-state index contributed by atoms with van der Waals surface area (Å²) in [7, 11) is 0. The Morgan fingerprint density at radius 2 is 1.69 bits per heavy atom. The minimum Gasteiger partial charge on any atom is -0.457 e. The second kappa shape index (κ2) is 10.2. The van der Waals surface area contributed by atoms with Crippen LogP contribution in [0.15, 0.2) is 60.7 Å². The zero-order valence-corrected chi connectivity index (χ0v) is 18.0. The molecule has 0 aromatic heterocycles. The lowest BCUT2D eigenvalue weighted by Gasteiger charge is -2.48. The van der Waals surface area contributed by atoms with E-state index in [0.29, 0.717) is 0 Å². The molecule has 2 aromatic carbocycles. The molecule has 1 amide bonds. The summed E-state index contributed by atoms with van der Waals surface area (Å²) in [5, 5.41) is 2.82. The van der Waals surface area contributed by atoms with E-state index < -0.39 is 42.9 Å². The Balaban J connectivity index is 1.57. The topological polar surface area (TPSA) is 92.3 Å². The minimum absolute atomic E-state index is 0.222. The van der Waals surface area contributed by atoms with Crippen LogP contribution in [0.3, 0.4) is 0 Å². The number of fused-ring (bicyclic) bond motifs is 1. The van der Waals surface area contributed by atoms with Crippen LogP contribution >= 0.6 is 0 Å². The molecule has 2 aliphatic heterocycles. The first-order chi connectivity index (χ1) is 15.5. The van der Waals surface area contributed by atoms with E-state index in [0.717, 1.165) is 11.1 Å². The van der Waals surface area contributed by atoms with E-state index in [9.17, 15) is 9.59 Å². The number of benzene rings is 2. The Hall–Kier alpha value is -2.78. The van der Waals surface area contributed by atoms with Crippen LogP contribution in [-0.4, -0.2) is 49.1 Å². The van der Waals surface area contributed by atoms with E-state index in [1.807, 2.05) is 60.7 Å². The Morgan fingerprint density at radius 3 is 2.34 bits per heavy atom. The fourth-order valence-corrected chi connectivity index (χ4v) is 3.97. The average molecular weight is 441 g/mol. The van der Waals surface area contributed by atoms with Crippen LogP contribution in [-0.2, 0) is 39.9 Å². The zero-order valence-electron chi connectivity index (χ0n) is 18.0. The third kappa shape index (κ3) is 5.34. The number of esters is 1. The maximum absolute atomic E-state index is 12.0. The SMILES string of the molecule is CC(=O)N[C@@H]1[C@H](OCc2ccccc2)O[C@H]2CO[C@@H](c3ccccc3)O[C@H]2[C@@H]1OC(C)=O. The summed E-state index contributed by atoms with van der Waals surface area (Å²) in [6.45, 7) is 3.20. The van der Waals surface area contributed by atoms with Crippen molar-refractivity contribution >= 4 is 11.9 Å². The summed E-state index contributed by atoms with van der Waals surface area (Å²) in [4.78, 5) is 23.9. The number of carbonyl (C=O) groups is 2. The molecule has 0 bridgehead atoms. The number of ether oxygens (including phenoxy) is 5. The van der Waals surface area contributed by atoms with Crippen LogP contribution in [0.25, 0.3) is 0 Å². The van der Waals surface area contributed by atoms with Crippen molar-refractivity contribution in [1.29, 1.82) is 0 Å². The molecular formula is C24H27NO7. The highest BCUT2D eigenvalue weighted by atomic mass is 16.8. The minimum atomic E-state index is -0.856. The summed E-state index contributed by atoms with van der Waals surface area (Å²) in [5.41, 5.74) is 1.79. The normalized spacial score (nSPS) is 29.6. The fraction of sp³-hybridized carbons (Fsp3) is 0.417. The van der Waals surface area contributed by atoms with Gasteiger partial charge in [-0.1, -0.05) is 60.7 Å². The van der Waals surface area contributed by atoms with Crippen molar-refractivity contribution in [2.45, 2.75) is 57.4 Å². The van der Waals surface area contributed by atoms with Crippen LogP contribution in [0.5, 0.6) is 0 Å². The largest absolute Gasteiger partial charge is 0.457 e. The first-order valence-corrected chi connectivity index (χ1v) is 10.6. The summed E-state index contributed by atoms with van der Waals surface area (Å²) >= 11 is 0. The van der Waals surface area contributed by atoms with Crippen molar-refractivity contribution < 1.29 is 33.3 Å². The van der Waals surface area contributed by atoms with Crippen LogP contribution in [0.2, 0.25) is 0 Å². The molecule has 4 rings (SSSR count). The molecule has 0 aliphatic carbocycles. The van der Waals surface area contributed by atoms with E-state index in [-0.39, 0.29) is 19.1 Å². The van der Waals surface area contributed by atoms with Gasteiger partial charge in [0, 0.05) is 19.4 Å². The summed E-state index contributed by atoms with van der Waals surface area (Å²) in [5.74, 6) is -0.784. The number of hydrogen-bond donors (Lipinski definition) is 1. The van der Waals surface area contributed by atoms with Gasteiger partial charge in [0.25, 0.3) is 0 Å². The van der Waals surface area contributed by atoms with E-state index in [1.165, 1.54) is 13.8 Å². The molecule has 2 saturated heterocycles. The Morgan fingerprint density at radius 1 is 1.00 bits per heavy atom. The van der Waals surface area contributed by atoms with Gasteiger partial charge < -0.3 is 29.0 Å². The van der Waals surface area contributed by atoms with Crippen molar-refractivity contribution in [3.8, 4) is 0 Å². The van der Waals surface area contributed by atoms with Crippen molar-refractivity contribution in [3.05, 3.63) is 71.8 Å². The third-order valence-corrected chi connectivity index (χ3v) is 5.34. The zero-order chi connectivity index (χ0) is 22.5. The van der Waals surface area contributed by atoms with Crippen molar-refractivity contribution in [1.82, 2.24) is 5.32 Å². The van der Waals surface area contributed by atoms with Crippen LogP contribution in [0.1, 0.15) is 31.3 Å². The number of rotatable bonds is 6. The molecule has 8 heteroatoms. The van der Waals surface area contributed by atoms with Gasteiger partial charge in [-0.2, -0.15) is 0 Å². The first-order valence-electron chi connectivity index (χ1n) is 10.6. The van der Waals surface area contributed by atoms with Crippen molar-refractivity contribution in [2.75, 3.05) is 6.61 Å². The van der Waals surface area contributed by atoms with Gasteiger partial charge in [0.1, 0.15) is 18.2 Å². The maximum atomic E-state index is 12.0. The molecule has 2 aliphatic rings. The van der Waals surface area contributed by atoms with E-state index in [2.05, 4.69) is 5.32 Å². The Kier molecular flexibility index (Phi) is 7.16. The molecule has 2 fully saturated rings. The Bertz CT molecular complexity index is 907. The van der Waals surface area contributed by atoms with E-state index in [1.54, 1.807) is 0 Å². The van der Waals surface area contributed by atoms with E-state index in [4.69, 9.17) is 23.7 Å². The highest BCUT2D eigenvalue weighted by Gasteiger charge is 2.52. The van der Waals surface area contributed by atoms with Gasteiger partial charge in [-0.3, -0.25) is 9.59 Å². The third-order valence-electron chi connectivity index (χ3n) is 5.34. The fourth-order valence-electron chi connectivity index (χ4n) is 3.97. The smallest absolute Gasteiger partial charge is 0.303 e. The molecule has 170 valence electrons. The Labute approximate surface area is 186 Å². The molecule has 0 unspecified atom stereocenters. The number of nitrogens with one attached hydrogen (secondary N) is 1. The lowest BCUT2D eigenvalue weighted by Crippen LogP contribution is -2.67. The molecule has 0 saturated carbocycles. The van der Waals surface area contributed by atoms with Gasteiger partial charge in [0.05, 0.1) is 13.2 Å². The molecule has 32 heavy (non-hydrogen) atoms. The van der Waals surface area contributed by atoms with Gasteiger partial charge in [0.2, 0.25) is 5.91 Å². The lowest BCUT2D eigenvalue weighted by atomic mass is 9.95. The first kappa shape index (κ1) is 22.4. The quantitative estimate of drug-likeness (QED) is 0.689. The molecule has 1 N–H and O–H groups in total. The second-order valence-corrected chi connectivity index (χ2v) is 7.82. The molecule has 0 radical (unpaired) electrons. The van der Waals surface area contributed by atoms with Gasteiger partial charge in [0.15, 0.2) is 18.7 Å². The highest BCUT2D eigenvalue weighted by Crippen LogP contribution is 2.36. The van der Waals surface area contributed by atoms with Crippen LogP contribution in [0.4, 0.5) is 0 Å². The maximum Gasteiger partial charge on any atom is 0.303 e. The molecule has 2 heterocycles. The molecule has 2 aromatic rings. The monoisotopic (exact) mass is 441 g/mol. The number of hydrogen-bond acceptors (Lipinski definition) is 7. The molecule has 0 spiro atoms. The summed E-state index contributed by atoms with van der Waals surface area (Å²) in [6, 6.07) is 18.3. The standard InChI is InChI=1S/C24H27NO7/c1-15(26)25-20-22(30-16(2)27)21-19(14-29-23(32-21)18-11-7-4-8-12-18)31-24(20)28-13-17-9-5-3-6-10-17/h3-12,19-24H,13-14H2,1-2H3,(H,25,26)/t19-,20-,21+,22+,23+,24+/m0/s1. The van der Waals surface area contributed by atoms with Crippen molar-refractivity contribution in [2.24, 2.45) is 0 Å². The lowest BCUT2D eigenvalue weighted by molar-refractivity contribution is -0.346. The van der Waals surface area contributed by atoms with Crippen LogP contribution < -0.4 is 5.32 Å². The van der Waals surface area contributed by atoms with E-state index >= 15 is 0 Å². The summed E-state index contributed by atoms with van der Waals surface area (Å²) in [6.07, 6.45) is -3.49. The second-order valence-electron chi connectivity index (χ2n) is 7.82. The van der Waals surface area contributed by atoms with Crippen LogP contribution in [0, 0.1) is 0 Å². The molecule has 6 atom stereocenters. The number of carbonyl (C=O) groups excluding carboxylic acids is 2. The van der Waals surface area contributed by atoms with Gasteiger partial charge in [-0.15, -0.1) is 0 Å². The predicted octanol–water partition coefficient (Wildman–Crippen LogP) is 2.48. The molecular weight excluding hydrogens is 414 g/mol. The average Bonchev–Trinajstić information content (AvgIpc) is 2.80.